The summed E-state index contributed by atoms with van der Waals surface area (Å²) >= 11 is 3.07. The molecule has 11 heavy (non-hydrogen) atoms. The van der Waals surface area contributed by atoms with Crippen molar-refractivity contribution in [1.29, 1.82) is 0 Å². The van der Waals surface area contributed by atoms with Gasteiger partial charge < -0.3 is 5.73 Å². The Kier molecular flexibility index (Phi) is 1.59. The number of nitrogens with two attached hydrogens (primary N) is 1. The third-order valence-electron chi connectivity index (χ3n) is 1.17. The highest BCUT2D eigenvalue weighted by molar-refractivity contribution is 7.14. The van der Waals surface area contributed by atoms with Crippen LogP contribution in [0.2, 0.25) is 0 Å². The quantitative estimate of drug-likeness (QED) is 0.734. The summed E-state index contributed by atoms with van der Waals surface area (Å²) in [5, 5.41) is 4.66. The van der Waals surface area contributed by atoms with E-state index in [0.717, 1.165) is 10.7 Å². The summed E-state index contributed by atoms with van der Waals surface area (Å²) in [6, 6.07) is 0. The maximum atomic E-state index is 5.46. The molecule has 0 bridgehead atoms. The summed E-state index contributed by atoms with van der Waals surface area (Å²) in [6.07, 6.45) is 0. The average molecular weight is 183 g/mol. The zero-order valence-electron chi connectivity index (χ0n) is 5.52. The summed E-state index contributed by atoms with van der Waals surface area (Å²) in [5.74, 6) is 0.568. The minimum Gasteiger partial charge on any atom is -0.383 e. The van der Waals surface area contributed by atoms with E-state index in [1.807, 2.05) is 10.8 Å². The standard InChI is InChI=1S/C6H5N3S2/c7-5-2-11-6(9-5)4-1-10-3-8-4/h1-3H,7H2. The van der Waals surface area contributed by atoms with Gasteiger partial charge in [-0.1, -0.05) is 0 Å². The molecule has 2 heterocycles. The first kappa shape index (κ1) is 6.75. The molecule has 0 atom stereocenters. The van der Waals surface area contributed by atoms with Crippen LogP contribution in [0, 0.1) is 0 Å². The topological polar surface area (TPSA) is 51.8 Å². The van der Waals surface area contributed by atoms with Gasteiger partial charge in [-0.15, -0.1) is 22.7 Å². The second-order valence-corrected chi connectivity index (χ2v) is 3.53. The van der Waals surface area contributed by atoms with Crippen LogP contribution in [0.15, 0.2) is 16.3 Å². The van der Waals surface area contributed by atoms with E-state index in [1.165, 1.54) is 11.3 Å². The lowest BCUT2D eigenvalue weighted by molar-refractivity contribution is 1.35. The molecular formula is C6H5N3S2. The van der Waals surface area contributed by atoms with Crippen LogP contribution in [-0.4, -0.2) is 9.97 Å². The summed E-state index contributed by atoms with van der Waals surface area (Å²) < 4.78 is 0. The highest BCUT2D eigenvalue weighted by atomic mass is 32.1. The van der Waals surface area contributed by atoms with Crippen molar-refractivity contribution in [3.63, 3.8) is 0 Å². The highest BCUT2D eigenvalue weighted by Gasteiger charge is 2.02. The van der Waals surface area contributed by atoms with Gasteiger partial charge in [0.2, 0.25) is 0 Å². The molecule has 0 radical (unpaired) electrons. The Bertz CT molecular complexity index is 338. The minimum atomic E-state index is 0.568. The van der Waals surface area contributed by atoms with E-state index in [-0.39, 0.29) is 0 Å². The molecule has 0 fully saturated rings. The van der Waals surface area contributed by atoms with Gasteiger partial charge in [0.05, 0.1) is 5.51 Å². The van der Waals surface area contributed by atoms with Gasteiger partial charge in [0.25, 0.3) is 0 Å². The summed E-state index contributed by atoms with van der Waals surface area (Å²) in [5.41, 5.74) is 8.16. The zero-order valence-corrected chi connectivity index (χ0v) is 7.15. The molecule has 5 heteroatoms. The van der Waals surface area contributed by atoms with Gasteiger partial charge in [-0.2, -0.15) is 0 Å². The Morgan fingerprint density at radius 2 is 2.27 bits per heavy atom. The average Bonchev–Trinajstić information content (AvgIpc) is 2.55. The molecule has 3 nitrogen and oxygen atoms in total. The van der Waals surface area contributed by atoms with Gasteiger partial charge in [-0.05, 0) is 0 Å². The highest BCUT2D eigenvalue weighted by Crippen LogP contribution is 2.23. The van der Waals surface area contributed by atoms with Gasteiger partial charge in [-0.3, -0.25) is 0 Å². The fourth-order valence-electron chi connectivity index (χ4n) is 0.722. The number of hydrogen-bond donors (Lipinski definition) is 1. The summed E-state index contributed by atoms with van der Waals surface area (Å²) in [4.78, 5) is 8.20. The molecule has 0 aliphatic rings. The second-order valence-electron chi connectivity index (χ2n) is 1.95. The van der Waals surface area contributed by atoms with E-state index in [4.69, 9.17) is 5.73 Å². The molecule has 2 rings (SSSR count). The van der Waals surface area contributed by atoms with E-state index in [1.54, 1.807) is 16.8 Å². The Morgan fingerprint density at radius 3 is 2.82 bits per heavy atom. The van der Waals surface area contributed by atoms with E-state index in [0.29, 0.717) is 5.82 Å². The third-order valence-corrected chi connectivity index (χ3v) is 2.64. The second kappa shape index (κ2) is 2.60. The van der Waals surface area contributed by atoms with Crippen molar-refractivity contribution in [2.45, 2.75) is 0 Å². The van der Waals surface area contributed by atoms with Gasteiger partial charge in [0, 0.05) is 10.8 Å². The molecule has 0 unspecified atom stereocenters. The maximum Gasteiger partial charge on any atom is 0.145 e. The fourth-order valence-corrected chi connectivity index (χ4v) is 2.01. The van der Waals surface area contributed by atoms with Crippen molar-refractivity contribution < 1.29 is 0 Å². The number of thiazole rings is 2. The first-order valence-electron chi connectivity index (χ1n) is 2.96. The normalized spacial score (nSPS) is 10.2. The predicted octanol–water partition coefficient (Wildman–Crippen LogP) is 1.85. The molecule has 0 saturated heterocycles. The lowest BCUT2D eigenvalue weighted by Gasteiger charge is -1.83. The Morgan fingerprint density at radius 1 is 1.36 bits per heavy atom. The smallest absolute Gasteiger partial charge is 0.145 e. The summed E-state index contributed by atoms with van der Waals surface area (Å²) in [7, 11) is 0. The van der Waals surface area contributed by atoms with Crippen molar-refractivity contribution in [1.82, 2.24) is 9.97 Å². The number of hydrogen-bond acceptors (Lipinski definition) is 5. The fraction of sp³-hybridized carbons (Fsp3) is 0. The number of rotatable bonds is 1. The summed E-state index contributed by atoms with van der Waals surface area (Å²) in [6.45, 7) is 0. The maximum absolute atomic E-state index is 5.46. The number of anilines is 1. The largest absolute Gasteiger partial charge is 0.383 e. The van der Waals surface area contributed by atoms with Crippen LogP contribution in [0.5, 0.6) is 0 Å². The van der Waals surface area contributed by atoms with Gasteiger partial charge in [-0.25, -0.2) is 9.97 Å². The van der Waals surface area contributed by atoms with Crippen molar-refractivity contribution in [2.75, 3.05) is 5.73 Å². The number of nitrogens with zero attached hydrogens (tertiary/aromatic N) is 2. The van der Waals surface area contributed by atoms with Crippen LogP contribution in [0.3, 0.4) is 0 Å². The number of aromatic nitrogens is 2. The predicted molar refractivity (Wildman–Crippen MR) is 47.6 cm³/mol. The molecular weight excluding hydrogens is 178 g/mol. The molecule has 0 aliphatic heterocycles. The Labute approximate surface area is 71.5 Å². The molecule has 0 aliphatic carbocycles. The molecule has 0 amide bonds. The van der Waals surface area contributed by atoms with Crippen LogP contribution >= 0.6 is 22.7 Å². The number of nitrogen functional groups attached to an aromatic ring is 1. The Hall–Kier alpha value is -0.940. The molecule has 56 valence electrons. The van der Waals surface area contributed by atoms with Crippen molar-refractivity contribution in [3.8, 4) is 10.7 Å². The molecule has 0 aromatic carbocycles. The van der Waals surface area contributed by atoms with Crippen LogP contribution in [-0.2, 0) is 0 Å². The molecule has 2 aromatic rings. The first-order valence-corrected chi connectivity index (χ1v) is 4.78. The molecule has 2 N–H and O–H groups in total. The van der Waals surface area contributed by atoms with E-state index >= 15 is 0 Å². The minimum absolute atomic E-state index is 0.568. The van der Waals surface area contributed by atoms with Crippen LogP contribution in [0.25, 0.3) is 10.7 Å². The van der Waals surface area contributed by atoms with Gasteiger partial charge >= 0.3 is 0 Å². The SMILES string of the molecule is Nc1csc(-c2cscn2)n1. The lowest BCUT2D eigenvalue weighted by atomic mass is 10.5. The molecule has 0 saturated carbocycles. The first-order chi connectivity index (χ1) is 5.36. The van der Waals surface area contributed by atoms with E-state index < -0.39 is 0 Å². The molecule has 2 aromatic heterocycles. The lowest BCUT2D eigenvalue weighted by Crippen LogP contribution is -1.82. The van der Waals surface area contributed by atoms with Crippen LogP contribution in [0.4, 0.5) is 5.82 Å². The van der Waals surface area contributed by atoms with Gasteiger partial charge in [0.1, 0.15) is 16.5 Å². The van der Waals surface area contributed by atoms with Crippen molar-refractivity contribution >= 4 is 28.5 Å². The Balaban J connectivity index is 2.45. The van der Waals surface area contributed by atoms with Crippen molar-refractivity contribution in [3.05, 3.63) is 16.3 Å². The van der Waals surface area contributed by atoms with Crippen LogP contribution < -0.4 is 5.73 Å². The van der Waals surface area contributed by atoms with Gasteiger partial charge in [0.15, 0.2) is 0 Å². The zero-order chi connectivity index (χ0) is 7.68. The van der Waals surface area contributed by atoms with Crippen LogP contribution in [0.1, 0.15) is 0 Å². The molecule has 0 spiro atoms. The van der Waals surface area contributed by atoms with Crippen molar-refractivity contribution in [2.24, 2.45) is 0 Å². The third kappa shape index (κ3) is 1.24. The van der Waals surface area contributed by atoms with E-state index in [2.05, 4.69) is 9.97 Å². The van der Waals surface area contributed by atoms with E-state index in [9.17, 15) is 0 Å². The monoisotopic (exact) mass is 183 g/mol.